The fourth-order valence-corrected chi connectivity index (χ4v) is 3.40. The van der Waals surface area contributed by atoms with Crippen LogP contribution in [0, 0.1) is 0 Å². The van der Waals surface area contributed by atoms with E-state index in [1.54, 1.807) is 37.4 Å². The lowest BCUT2D eigenvalue weighted by Crippen LogP contribution is -2.14. The lowest BCUT2D eigenvalue weighted by atomic mass is 10.0. The third-order valence-corrected chi connectivity index (χ3v) is 4.92. The number of methoxy groups -OCH3 is 1. The van der Waals surface area contributed by atoms with Crippen molar-refractivity contribution in [3.8, 4) is 22.6 Å². The zero-order valence-electron chi connectivity index (χ0n) is 14.8. The van der Waals surface area contributed by atoms with Gasteiger partial charge in [-0.05, 0) is 47.5 Å². The number of hydrogen-bond acceptors (Lipinski definition) is 5. The number of benzene rings is 3. The first-order valence-electron chi connectivity index (χ1n) is 8.16. The molecule has 144 valence electrons. The number of carboxylic acid groups (broad SMARTS) is 1. The summed E-state index contributed by atoms with van der Waals surface area (Å²) in [7, 11) is -1.52. The van der Waals surface area contributed by atoms with Crippen LogP contribution in [0.15, 0.2) is 66.7 Å². The van der Waals surface area contributed by atoms with E-state index in [2.05, 4.69) is 0 Å². The van der Waals surface area contributed by atoms with Crippen LogP contribution in [0.25, 0.3) is 11.1 Å². The minimum atomic E-state index is -3.09. The molecule has 28 heavy (non-hydrogen) atoms. The van der Waals surface area contributed by atoms with Crippen molar-refractivity contribution in [1.29, 1.82) is 0 Å². The topological polar surface area (TPSA) is 104 Å². The van der Waals surface area contributed by atoms with Crippen LogP contribution < -0.4 is 9.04 Å². The van der Waals surface area contributed by atoms with Crippen LogP contribution in [0.4, 0.5) is 11.4 Å². The van der Waals surface area contributed by atoms with Crippen molar-refractivity contribution in [1.82, 2.24) is 0 Å². The predicted molar refractivity (Wildman–Crippen MR) is 106 cm³/mol. The standard InChI is InChI=1S/C20H17NO6S/c1-27-17-8-5-13(6-9-17)14-3-2-4-15(11-14)21(28(25)26)16-7-10-18(20(23)24)19(22)12-16/h2-12,22,28H,1H3,(H,23,24). The molecule has 0 unspecified atom stereocenters. The molecule has 0 bridgehead atoms. The molecular weight excluding hydrogens is 382 g/mol. The maximum atomic E-state index is 11.9. The Hall–Kier alpha value is -3.52. The van der Waals surface area contributed by atoms with Crippen LogP contribution >= 0.6 is 0 Å². The second-order valence-electron chi connectivity index (χ2n) is 5.84. The molecule has 0 aliphatic rings. The Morgan fingerprint density at radius 2 is 1.61 bits per heavy atom. The number of aromatic carboxylic acids is 1. The van der Waals surface area contributed by atoms with Gasteiger partial charge < -0.3 is 14.9 Å². The Bertz CT molecular complexity index is 1080. The van der Waals surface area contributed by atoms with Gasteiger partial charge >= 0.3 is 5.97 Å². The summed E-state index contributed by atoms with van der Waals surface area (Å²) in [5.74, 6) is -1.11. The number of ether oxygens (including phenoxy) is 1. The first-order valence-corrected chi connectivity index (χ1v) is 9.29. The molecule has 3 aromatic carbocycles. The first-order chi connectivity index (χ1) is 13.4. The number of hydrogen-bond donors (Lipinski definition) is 3. The van der Waals surface area contributed by atoms with Crippen molar-refractivity contribution in [3.63, 3.8) is 0 Å². The molecule has 0 fully saturated rings. The minimum Gasteiger partial charge on any atom is -0.507 e. The highest BCUT2D eigenvalue weighted by Crippen LogP contribution is 2.33. The quantitative estimate of drug-likeness (QED) is 0.549. The van der Waals surface area contributed by atoms with Gasteiger partial charge in [-0.2, -0.15) is 0 Å². The van der Waals surface area contributed by atoms with Crippen LogP contribution in [-0.2, 0) is 10.9 Å². The van der Waals surface area contributed by atoms with E-state index in [4.69, 9.17) is 9.84 Å². The Morgan fingerprint density at radius 1 is 0.929 bits per heavy atom. The van der Waals surface area contributed by atoms with Crippen LogP contribution in [0.1, 0.15) is 10.4 Å². The molecule has 0 aromatic heterocycles. The van der Waals surface area contributed by atoms with Gasteiger partial charge in [-0.15, -0.1) is 0 Å². The summed E-state index contributed by atoms with van der Waals surface area (Å²) in [6.45, 7) is 0. The van der Waals surface area contributed by atoms with Crippen LogP contribution in [0.5, 0.6) is 11.5 Å². The monoisotopic (exact) mass is 399 g/mol. The molecule has 0 atom stereocenters. The summed E-state index contributed by atoms with van der Waals surface area (Å²) in [5, 5.41) is 18.9. The van der Waals surface area contributed by atoms with E-state index < -0.39 is 22.6 Å². The minimum absolute atomic E-state index is 0.130. The van der Waals surface area contributed by atoms with E-state index in [1.807, 2.05) is 18.2 Å². The smallest absolute Gasteiger partial charge is 0.339 e. The Morgan fingerprint density at radius 3 is 2.18 bits per heavy atom. The number of rotatable bonds is 6. The van der Waals surface area contributed by atoms with Crippen LogP contribution in [0.3, 0.4) is 0 Å². The average molecular weight is 399 g/mol. The lowest BCUT2D eigenvalue weighted by Gasteiger charge is -2.19. The number of anilines is 2. The van der Waals surface area contributed by atoms with Crippen molar-refractivity contribution in [2.75, 3.05) is 11.4 Å². The van der Waals surface area contributed by atoms with Crippen molar-refractivity contribution >= 4 is 28.2 Å². The van der Waals surface area contributed by atoms with Gasteiger partial charge in [-0.1, -0.05) is 24.3 Å². The summed E-state index contributed by atoms with van der Waals surface area (Å²) in [4.78, 5) is 11.1. The maximum absolute atomic E-state index is 11.9. The van der Waals surface area contributed by atoms with E-state index in [1.165, 1.54) is 6.07 Å². The molecule has 8 heteroatoms. The maximum Gasteiger partial charge on any atom is 0.339 e. The second kappa shape index (κ2) is 8.01. The van der Waals surface area contributed by atoms with Crippen molar-refractivity contribution < 1.29 is 28.2 Å². The molecule has 2 N–H and O–H groups in total. The molecule has 0 aliphatic heterocycles. The average Bonchev–Trinajstić information content (AvgIpc) is 2.68. The van der Waals surface area contributed by atoms with Crippen molar-refractivity contribution in [3.05, 3.63) is 72.3 Å². The molecular formula is C20H17NO6S. The predicted octanol–water partition coefficient (Wildman–Crippen LogP) is 3.43. The zero-order valence-corrected chi connectivity index (χ0v) is 15.7. The summed E-state index contributed by atoms with van der Waals surface area (Å²) in [6.07, 6.45) is 0. The third kappa shape index (κ3) is 3.91. The molecule has 0 radical (unpaired) electrons. The molecule has 3 aromatic rings. The zero-order chi connectivity index (χ0) is 20.3. The SMILES string of the molecule is COc1ccc(-c2cccc(N(c3ccc(C(=O)O)c(O)c3)[SH](=O)=O)c2)cc1. The van der Waals surface area contributed by atoms with Gasteiger partial charge in [0.2, 0.25) is 10.9 Å². The largest absolute Gasteiger partial charge is 0.507 e. The number of carbonyl (C=O) groups is 1. The van der Waals surface area contributed by atoms with Gasteiger partial charge in [0.1, 0.15) is 17.1 Å². The van der Waals surface area contributed by atoms with Gasteiger partial charge in [0.25, 0.3) is 0 Å². The molecule has 0 saturated heterocycles. The van der Waals surface area contributed by atoms with E-state index in [-0.39, 0.29) is 11.3 Å². The summed E-state index contributed by atoms with van der Waals surface area (Å²) >= 11 is 0. The van der Waals surface area contributed by atoms with Crippen LogP contribution in [-0.4, -0.2) is 31.7 Å². The third-order valence-electron chi connectivity index (χ3n) is 4.13. The van der Waals surface area contributed by atoms with Gasteiger partial charge in [0, 0.05) is 6.07 Å². The highest BCUT2D eigenvalue weighted by atomic mass is 32.2. The molecule has 0 heterocycles. The fourth-order valence-electron chi connectivity index (χ4n) is 2.77. The van der Waals surface area contributed by atoms with Crippen molar-refractivity contribution in [2.24, 2.45) is 0 Å². The lowest BCUT2D eigenvalue weighted by molar-refractivity contribution is 0.0694. The number of nitrogens with zero attached hydrogens (tertiary/aromatic N) is 1. The Balaban J connectivity index is 2.03. The van der Waals surface area contributed by atoms with E-state index in [0.717, 1.165) is 27.6 Å². The number of aromatic hydroxyl groups is 1. The normalized spacial score (nSPS) is 10.6. The van der Waals surface area contributed by atoms with Crippen molar-refractivity contribution in [2.45, 2.75) is 0 Å². The van der Waals surface area contributed by atoms with Gasteiger partial charge in [-0.25, -0.2) is 17.5 Å². The highest BCUT2D eigenvalue weighted by molar-refractivity contribution is 7.74. The molecule has 0 saturated carbocycles. The molecule has 0 amide bonds. The van der Waals surface area contributed by atoms with Gasteiger partial charge in [0.15, 0.2) is 0 Å². The second-order valence-corrected chi connectivity index (χ2v) is 6.71. The number of carboxylic acids is 1. The highest BCUT2D eigenvalue weighted by Gasteiger charge is 2.17. The van der Waals surface area contributed by atoms with Gasteiger partial charge in [0.05, 0.1) is 18.5 Å². The van der Waals surface area contributed by atoms with E-state index in [0.29, 0.717) is 11.4 Å². The number of thiol groups is 1. The van der Waals surface area contributed by atoms with E-state index >= 15 is 0 Å². The summed E-state index contributed by atoms with van der Waals surface area (Å²) in [5.41, 5.74) is 1.83. The Kier molecular flexibility index (Phi) is 5.51. The first kappa shape index (κ1) is 19.2. The van der Waals surface area contributed by atoms with Gasteiger partial charge in [-0.3, -0.25) is 0 Å². The molecule has 7 nitrogen and oxygen atoms in total. The summed E-state index contributed by atoms with van der Waals surface area (Å²) in [6, 6.07) is 17.8. The molecule has 3 rings (SSSR count). The van der Waals surface area contributed by atoms with Crippen LogP contribution in [0.2, 0.25) is 0 Å². The van der Waals surface area contributed by atoms with E-state index in [9.17, 15) is 18.3 Å². The number of phenols is 1. The Labute approximate surface area is 163 Å². The molecule has 0 spiro atoms. The summed E-state index contributed by atoms with van der Waals surface area (Å²) < 4.78 is 30.0. The fraction of sp³-hybridized carbons (Fsp3) is 0.0500. The molecule has 0 aliphatic carbocycles.